The van der Waals surface area contributed by atoms with Gasteiger partial charge in [-0.25, -0.2) is 6.08 Å². The zero-order chi connectivity index (χ0) is 15.4. The number of nitrogens with zero attached hydrogens (tertiary/aromatic N) is 1. The molecule has 22 heavy (non-hydrogen) atoms. The van der Waals surface area contributed by atoms with E-state index in [2.05, 4.69) is 6.08 Å². The molecule has 1 amide bonds. The molecule has 0 saturated carbocycles. The van der Waals surface area contributed by atoms with Gasteiger partial charge < -0.3 is 14.4 Å². The molecule has 0 aromatic heterocycles. The summed E-state index contributed by atoms with van der Waals surface area (Å²) in [6.45, 7) is 4.63. The third-order valence-corrected chi connectivity index (χ3v) is 3.70. The van der Waals surface area contributed by atoms with Gasteiger partial charge in [0.05, 0.1) is 0 Å². The molecule has 1 aromatic rings. The van der Waals surface area contributed by atoms with Crippen molar-refractivity contribution in [2.45, 2.75) is 20.3 Å². The standard InChI is InChI=1S/C16H19ClNO3.Y/c1-4-18-15(8-5-11(2)16(18)19)13-7-6-12(9-14(13)17)21-10-20-3;/h6-7,9,11H,4-5,10H2,1-3H3;/q-1;. The molecule has 1 heterocycles. The van der Waals surface area contributed by atoms with Crippen molar-refractivity contribution in [1.29, 1.82) is 0 Å². The molecule has 0 saturated heterocycles. The SMILES string of the molecule is CCN1C(=O)C(C)C[C-]=C1c1ccc(OCOC)cc1Cl.[Y]. The van der Waals surface area contributed by atoms with Crippen molar-refractivity contribution in [3.63, 3.8) is 0 Å². The molecule has 4 nitrogen and oxygen atoms in total. The van der Waals surface area contributed by atoms with E-state index in [-0.39, 0.29) is 51.3 Å². The van der Waals surface area contributed by atoms with Gasteiger partial charge in [-0.15, -0.1) is 28.9 Å². The minimum absolute atomic E-state index is 0. The molecule has 1 atom stereocenters. The van der Waals surface area contributed by atoms with E-state index in [1.54, 1.807) is 18.1 Å². The van der Waals surface area contributed by atoms with Crippen LogP contribution in [-0.4, -0.2) is 31.3 Å². The molecular formula is C16H19ClNO3Y-. The number of carbonyl (C=O) groups excluding carboxylic acids is 1. The van der Waals surface area contributed by atoms with Crippen molar-refractivity contribution in [2.75, 3.05) is 20.4 Å². The number of methoxy groups -OCH3 is 1. The van der Waals surface area contributed by atoms with Crippen LogP contribution in [0.1, 0.15) is 25.8 Å². The molecule has 2 rings (SSSR count). The van der Waals surface area contributed by atoms with Crippen LogP contribution in [0.5, 0.6) is 5.75 Å². The molecule has 117 valence electrons. The second-order valence-electron chi connectivity index (χ2n) is 4.91. The summed E-state index contributed by atoms with van der Waals surface area (Å²) < 4.78 is 10.2. The second-order valence-corrected chi connectivity index (χ2v) is 5.31. The maximum atomic E-state index is 12.2. The maximum absolute atomic E-state index is 12.2. The van der Waals surface area contributed by atoms with Crippen LogP contribution in [0.3, 0.4) is 0 Å². The molecule has 0 aliphatic carbocycles. The van der Waals surface area contributed by atoms with Crippen molar-refractivity contribution < 1.29 is 47.0 Å². The Hall–Kier alpha value is -0.416. The van der Waals surface area contributed by atoms with E-state index in [1.165, 1.54) is 0 Å². The summed E-state index contributed by atoms with van der Waals surface area (Å²) in [6, 6.07) is 5.38. The molecule has 0 N–H and O–H groups in total. The first-order valence-electron chi connectivity index (χ1n) is 6.92. The Balaban J connectivity index is 0.00000242. The Kier molecular flexibility index (Phi) is 8.05. The molecule has 0 fully saturated rings. The normalized spacial score (nSPS) is 17.8. The summed E-state index contributed by atoms with van der Waals surface area (Å²) in [5, 5.41) is 0.534. The third kappa shape index (κ3) is 4.32. The van der Waals surface area contributed by atoms with Crippen molar-refractivity contribution in [3.8, 4) is 5.75 Å². The summed E-state index contributed by atoms with van der Waals surface area (Å²) in [7, 11) is 1.56. The van der Waals surface area contributed by atoms with Gasteiger partial charge in [-0.05, 0) is 24.1 Å². The number of carbonyl (C=O) groups is 1. The molecule has 0 spiro atoms. The zero-order valence-electron chi connectivity index (χ0n) is 13.1. The summed E-state index contributed by atoms with van der Waals surface area (Å²) in [6.07, 6.45) is 3.91. The topological polar surface area (TPSA) is 38.8 Å². The van der Waals surface area contributed by atoms with Crippen molar-refractivity contribution in [2.24, 2.45) is 5.92 Å². The van der Waals surface area contributed by atoms with Gasteiger partial charge in [0.2, 0.25) is 5.91 Å². The van der Waals surface area contributed by atoms with Crippen LogP contribution in [0.4, 0.5) is 0 Å². The molecule has 6 heteroatoms. The number of rotatable bonds is 5. The monoisotopic (exact) mass is 397 g/mol. The van der Waals surface area contributed by atoms with Gasteiger partial charge in [0.1, 0.15) is 5.75 Å². The molecule has 1 unspecified atom stereocenters. The van der Waals surface area contributed by atoms with Crippen molar-refractivity contribution >= 4 is 23.2 Å². The summed E-state index contributed by atoms with van der Waals surface area (Å²) >= 11 is 6.33. The van der Waals surface area contributed by atoms with E-state index in [0.717, 1.165) is 11.3 Å². The quantitative estimate of drug-likeness (QED) is 0.565. The maximum Gasteiger partial charge on any atom is 0.225 e. The van der Waals surface area contributed by atoms with Crippen LogP contribution >= 0.6 is 11.6 Å². The van der Waals surface area contributed by atoms with E-state index >= 15 is 0 Å². The fourth-order valence-corrected chi connectivity index (χ4v) is 2.53. The third-order valence-electron chi connectivity index (χ3n) is 3.39. The van der Waals surface area contributed by atoms with E-state index in [0.29, 0.717) is 23.7 Å². The molecule has 1 aromatic carbocycles. The molecule has 1 radical (unpaired) electrons. The summed E-state index contributed by atoms with van der Waals surface area (Å²) in [5.41, 5.74) is 1.55. The Bertz CT molecular complexity index is 562. The summed E-state index contributed by atoms with van der Waals surface area (Å²) in [4.78, 5) is 14.0. The second kappa shape index (κ2) is 9.02. The van der Waals surface area contributed by atoms with Gasteiger partial charge in [-0.2, -0.15) is 0 Å². The number of hydrogen-bond donors (Lipinski definition) is 0. The van der Waals surface area contributed by atoms with Crippen LogP contribution in [-0.2, 0) is 42.2 Å². The van der Waals surface area contributed by atoms with Gasteiger partial charge in [0.15, 0.2) is 6.79 Å². The predicted octanol–water partition coefficient (Wildman–Crippen LogP) is 3.35. The number of benzene rings is 1. The van der Waals surface area contributed by atoms with Gasteiger partial charge >= 0.3 is 0 Å². The Morgan fingerprint density at radius 1 is 1.45 bits per heavy atom. The van der Waals surface area contributed by atoms with E-state index in [1.807, 2.05) is 26.0 Å². The first kappa shape index (κ1) is 19.6. The number of allylic oxidation sites excluding steroid dienone is 1. The van der Waals surface area contributed by atoms with Crippen molar-refractivity contribution in [1.82, 2.24) is 4.90 Å². The largest absolute Gasteiger partial charge is 0.468 e. The number of amides is 1. The molecule has 1 aliphatic rings. The summed E-state index contributed by atoms with van der Waals surface area (Å²) in [5.74, 6) is 0.712. The number of ether oxygens (including phenoxy) is 2. The van der Waals surface area contributed by atoms with Crippen molar-refractivity contribution in [3.05, 3.63) is 34.9 Å². The minimum Gasteiger partial charge on any atom is -0.468 e. The zero-order valence-corrected chi connectivity index (χ0v) is 16.7. The van der Waals surface area contributed by atoms with Gasteiger partial charge in [0.25, 0.3) is 0 Å². The van der Waals surface area contributed by atoms with Crippen LogP contribution in [0.15, 0.2) is 18.2 Å². The molecular weight excluding hydrogens is 379 g/mol. The predicted molar refractivity (Wildman–Crippen MR) is 81.8 cm³/mol. The minimum atomic E-state index is -0.0308. The molecule has 0 bridgehead atoms. The van der Waals surface area contributed by atoms with Crippen LogP contribution in [0, 0.1) is 12.0 Å². The fourth-order valence-electron chi connectivity index (χ4n) is 2.27. The number of halogens is 1. The van der Waals surface area contributed by atoms with Gasteiger partial charge in [0, 0.05) is 52.3 Å². The van der Waals surface area contributed by atoms with Crippen LogP contribution < -0.4 is 4.74 Å². The van der Waals surface area contributed by atoms with Gasteiger partial charge in [-0.1, -0.05) is 13.3 Å². The van der Waals surface area contributed by atoms with Crippen LogP contribution in [0.2, 0.25) is 5.02 Å². The number of hydrogen-bond acceptors (Lipinski definition) is 3. The average Bonchev–Trinajstić information content (AvgIpc) is 2.48. The smallest absolute Gasteiger partial charge is 0.225 e. The fraction of sp³-hybridized carbons (Fsp3) is 0.438. The first-order valence-corrected chi connectivity index (χ1v) is 7.30. The van der Waals surface area contributed by atoms with E-state index < -0.39 is 0 Å². The van der Waals surface area contributed by atoms with Crippen LogP contribution in [0.25, 0.3) is 5.70 Å². The Morgan fingerprint density at radius 3 is 2.77 bits per heavy atom. The average molecular weight is 398 g/mol. The Labute approximate surface area is 161 Å². The van der Waals surface area contributed by atoms with E-state index in [4.69, 9.17) is 21.1 Å². The van der Waals surface area contributed by atoms with Gasteiger partial charge in [-0.3, -0.25) is 4.79 Å². The first-order chi connectivity index (χ1) is 10.1. The van der Waals surface area contributed by atoms with E-state index in [9.17, 15) is 4.79 Å². The molecule has 1 aliphatic heterocycles. The Morgan fingerprint density at radius 2 is 2.18 bits per heavy atom.